The summed E-state index contributed by atoms with van der Waals surface area (Å²) < 4.78 is 27.3. The van der Waals surface area contributed by atoms with Gasteiger partial charge in [0.25, 0.3) is 15.9 Å². The third kappa shape index (κ3) is 4.62. The molecule has 0 saturated carbocycles. The lowest BCUT2D eigenvalue weighted by Crippen LogP contribution is -2.52. The van der Waals surface area contributed by atoms with E-state index >= 15 is 0 Å². The standard InChI is InChI=1S/C19H25N3O3S/c1-3-19(4-2,14-20)21-18(23)15-9-8-10-16(13-15)22-26(24,25)17-11-6-5-7-12-17/h5-13,22H,3-4,14,20H2,1-2H3,(H,21,23). The van der Waals surface area contributed by atoms with E-state index in [1.54, 1.807) is 36.4 Å². The third-order valence-electron chi connectivity index (χ3n) is 4.55. The summed E-state index contributed by atoms with van der Waals surface area (Å²) >= 11 is 0. The number of benzene rings is 2. The summed E-state index contributed by atoms with van der Waals surface area (Å²) in [7, 11) is -3.71. The van der Waals surface area contributed by atoms with Crippen molar-refractivity contribution in [1.82, 2.24) is 5.32 Å². The van der Waals surface area contributed by atoms with Crippen LogP contribution in [0.15, 0.2) is 59.5 Å². The first kappa shape index (κ1) is 19.9. The lowest BCUT2D eigenvalue weighted by molar-refractivity contribution is 0.0895. The Hall–Kier alpha value is -2.38. The zero-order valence-corrected chi connectivity index (χ0v) is 15.8. The Bertz CT molecular complexity index is 839. The van der Waals surface area contributed by atoms with Crippen LogP contribution in [0.3, 0.4) is 0 Å². The van der Waals surface area contributed by atoms with E-state index in [-0.39, 0.29) is 10.8 Å². The van der Waals surface area contributed by atoms with Crippen LogP contribution in [-0.2, 0) is 10.0 Å². The molecule has 0 saturated heterocycles. The van der Waals surface area contributed by atoms with Crippen molar-refractivity contribution in [3.05, 3.63) is 60.2 Å². The van der Waals surface area contributed by atoms with Crippen LogP contribution in [0.2, 0.25) is 0 Å². The van der Waals surface area contributed by atoms with Crippen LogP contribution in [0.1, 0.15) is 37.0 Å². The van der Waals surface area contributed by atoms with Gasteiger partial charge in [0.2, 0.25) is 0 Å². The van der Waals surface area contributed by atoms with Gasteiger partial charge in [0.05, 0.1) is 10.4 Å². The Morgan fingerprint density at radius 2 is 1.69 bits per heavy atom. The van der Waals surface area contributed by atoms with Gasteiger partial charge < -0.3 is 11.1 Å². The third-order valence-corrected chi connectivity index (χ3v) is 5.95. The number of sulfonamides is 1. The molecule has 2 aromatic rings. The Morgan fingerprint density at radius 3 is 2.27 bits per heavy atom. The van der Waals surface area contributed by atoms with Gasteiger partial charge in [-0.1, -0.05) is 38.1 Å². The molecule has 0 radical (unpaired) electrons. The van der Waals surface area contributed by atoms with Gasteiger partial charge in [-0.25, -0.2) is 8.42 Å². The van der Waals surface area contributed by atoms with Gasteiger partial charge in [0, 0.05) is 17.8 Å². The maximum atomic E-state index is 12.6. The van der Waals surface area contributed by atoms with Gasteiger partial charge in [-0.2, -0.15) is 0 Å². The number of anilines is 1. The average molecular weight is 375 g/mol. The molecule has 6 nitrogen and oxygen atoms in total. The van der Waals surface area contributed by atoms with E-state index in [0.29, 0.717) is 30.6 Å². The van der Waals surface area contributed by atoms with Crippen LogP contribution in [0.25, 0.3) is 0 Å². The average Bonchev–Trinajstić information content (AvgIpc) is 2.66. The zero-order chi connectivity index (χ0) is 19.2. The molecule has 26 heavy (non-hydrogen) atoms. The normalized spacial score (nSPS) is 11.8. The summed E-state index contributed by atoms with van der Waals surface area (Å²) in [6, 6.07) is 14.5. The number of nitrogens with one attached hydrogen (secondary N) is 2. The molecule has 7 heteroatoms. The van der Waals surface area contributed by atoms with Crippen molar-refractivity contribution < 1.29 is 13.2 Å². The monoisotopic (exact) mass is 375 g/mol. The van der Waals surface area contributed by atoms with E-state index in [1.807, 2.05) is 13.8 Å². The highest BCUT2D eigenvalue weighted by Crippen LogP contribution is 2.19. The van der Waals surface area contributed by atoms with E-state index in [0.717, 1.165) is 0 Å². The summed E-state index contributed by atoms with van der Waals surface area (Å²) in [5.74, 6) is -0.278. The molecule has 4 N–H and O–H groups in total. The maximum absolute atomic E-state index is 12.6. The second-order valence-corrected chi connectivity index (χ2v) is 7.83. The molecule has 0 bridgehead atoms. The van der Waals surface area contributed by atoms with E-state index < -0.39 is 15.6 Å². The summed E-state index contributed by atoms with van der Waals surface area (Å²) in [5, 5.41) is 2.98. The summed E-state index contributed by atoms with van der Waals surface area (Å²) in [4.78, 5) is 12.7. The minimum absolute atomic E-state index is 0.161. The molecule has 0 aromatic heterocycles. The van der Waals surface area contributed by atoms with Crippen LogP contribution in [-0.4, -0.2) is 26.4 Å². The molecule has 2 aromatic carbocycles. The molecule has 0 fully saturated rings. The Kier molecular flexibility index (Phi) is 6.39. The molecule has 0 heterocycles. The van der Waals surface area contributed by atoms with Crippen LogP contribution < -0.4 is 15.8 Å². The topological polar surface area (TPSA) is 101 Å². The van der Waals surface area contributed by atoms with Crippen molar-refractivity contribution in [3.63, 3.8) is 0 Å². The van der Waals surface area contributed by atoms with E-state index in [9.17, 15) is 13.2 Å². The quantitative estimate of drug-likeness (QED) is 0.660. The molecule has 0 aliphatic heterocycles. The van der Waals surface area contributed by atoms with Gasteiger partial charge in [-0.05, 0) is 43.2 Å². The maximum Gasteiger partial charge on any atom is 0.261 e. The molecule has 0 spiro atoms. The number of carbonyl (C=O) groups is 1. The first-order chi connectivity index (χ1) is 12.4. The lowest BCUT2D eigenvalue weighted by atomic mass is 9.92. The van der Waals surface area contributed by atoms with Crippen molar-refractivity contribution in [2.45, 2.75) is 37.1 Å². The SMILES string of the molecule is CCC(CC)(CN)NC(=O)c1cccc(NS(=O)(=O)c2ccccc2)c1. The summed E-state index contributed by atoms with van der Waals surface area (Å²) in [6.07, 6.45) is 1.43. The Morgan fingerprint density at radius 1 is 1.04 bits per heavy atom. The highest BCUT2D eigenvalue weighted by molar-refractivity contribution is 7.92. The fourth-order valence-electron chi connectivity index (χ4n) is 2.62. The fraction of sp³-hybridized carbons (Fsp3) is 0.316. The molecular formula is C19H25N3O3S. The predicted molar refractivity (Wildman–Crippen MR) is 104 cm³/mol. The zero-order valence-electron chi connectivity index (χ0n) is 15.0. The molecule has 1 amide bonds. The van der Waals surface area contributed by atoms with E-state index in [2.05, 4.69) is 10.0 Å². The van der Waals surface area contributed by atoms with E-state index in [4.69, 9.17) is 5.73 Å². The van der Waals surface area contributed by atoms with Gasteiger partial charge in [0.15, 0.2) is 0 Å². The molecule has 2 rings (SSSR count). The molecular weight excluding hydrogens is 350 g/mol. The van der Waals surface area contributed by atoms with Gasteiger partial charge in [-0.15, -0.1) is 0 Å². The number of amides is 1. The van der Waals surface area contributed by atoms with Crippen molar-refractivity contribution in [3.8, 4) is 0 Å². The first-order valence-electron chi connectivity index (χ1n) is 8.56. The van der Waals surface area contributed by atoms with Crippen molar-refractivity contribution in [1.29, 1.82) is 0 Å². The number of rotatable bonds is 8. The number of carbonyl (C=O) groups excluding carboxylic acids is 1. The number of hydrogen-bond acceptors (Lipinski definition) is 4. The first-order valence-corrected chi connectivity index (χ1v) is 10.0. The fourth-order valence-corrected chi connectivity index (χ4v) is 3.69. The van der Waals surface area contributed by atoms with Crippen molar-refractivity contribution in [2.24, 2.45) is 5.73 Å². The Labute approximate surface area is 154 Å². The minimum Gasteiger partial charge on any atom is -0.345 e. The van der Waals surface area contributed by atoms with Gasteiger partial charge in [-0.3, -0.25) is 9.52 Å². The van der Waals surface area contributed by atoms with Gasteiger partial charge >= 0.3 is 0 Å². The smallest absolute Gasteiger partial charge is 0.261 e. The highest BCUT2D eigenvalue weighted by Gasteiger charge is 2.27. The van der Waals surface area contributed by atoms with Crippen LogP contribution in [0, 0.1) is 0 Å². The summed E-state index contributed by atoms with van der Waals surface area (Å²) in [6.45, 7) is 4.29. The predicted octanol–water partition coefficient (Wildman–Crippen LogP) is 2.73. The minimum atomic E-state index is -3.71. The largest absolute Gasteiger partial charge is 0.345 e. The van der Waals surface area contributed by atoms with E-state index in [1.165, 1.54) is 18.2 Å². The molecule has 0 atom stereocenters. The highest BCUT2D eigenvalue weighted by atomic mass is 32.2. The second kappa shape index (κ2) is 8.33. The van der Waals surface area contributed by atoms with Crippen LogP contribution in [0.5, 0.6) is 0 Å². The molecule has 0 aliphatic carbocycles. The Balaban J connectivity index is 2.21. The molecule has 0 unspecified atom stereocenters. The van der Waals surface area contributed by atoms with Crippen molar-refractivity contribution >= 4 is 21.6 Å². The van der Waals surface area contributed by atoms with Gasteiger partial charge in [0.1, 0.15) is 0 Å². The lowest BCUT2D eigenvalue weighted by Gasteiger charge is -2.31. The van der Waals surface area contributed by atoms with Crippen molar-refractivity contribution in [2.75, 3.05) is 11.3 Å². The van der Waals surface area contributed by atoms with Crippen LogP contribution in [0.4, 0.5) is 5.69 Å². The number of nitrogens with two attached hydrogens (primary N) is 1. The second-order valence-electron chi connectivity index (χ2n) is 6.15. The van der Waals surface area contributed by atoms with Crippen LogP contribution >= 0.6 is 0 Å². The number of hydrogen-bond donors (Lipinski definition) is 3. The molecule has 0 aliphatic rings. The summed E-state index contributed by atoms with van der Waals surface area (Å²) in [5.41, 5.74) is 6.06. The molecule has 140 valence electrons.